The zero-order chi connectivity index (χ0) is 19.6. The zero-order valence-corrected chi connectivity index (χ0v) is 16.2. The first-order valence-corrected chi connectivity index (χ1v) is 9.95. The molecule has 0 radical (unpaired) electrons. The average Bonchev–Trinajstić information content (AvgIpc) is 2.91. The molecule has 0 saturated heterocycles. The Morgan fingerprint density at radius 1 is 1.15 bits per heavy atom. The summed E-state index contributed by atoms with van der Waals surface area (Å²) in [6, 6.07) is 4.65. The molecule has 27 heavy (non-hydrogen) atoms. The fraction of sp³-hybridized carbons (Fsp3) is 0.571. The highest BCUT2D eigenvalue weighted by Gasteiger charge is 2.40. The van der Waals surface area contributed by atoms with Gasteiger partial charge in [0.05, 0.1) is 11.1 Å². The summed E-state index contributed by atoms with van der Waals surface area (Å²) in [5.74, 6) is -0.338. The predicted octanol–water partition coefficient (Wildman–Crippen LogP) is 2.72. The van der Waals surface area contributed by atoms with Crippen LogP contribution < -0.4 is 11.1 Å². The molecule has 0 bridgehead atoms. The summed E-state index contributed by atoms with van der Waals surface area (Å²) in [5, 5.41) is 2.93. The van der Waals surface area contributed by atoms with Gasteiger partial charge >= 0.3 is 0 Å². The summed E-state index contributed by atoms with van der Waals surface area (Å²) in [5.41, 5.74) is 6.89. The molecule has 1 heterocycles. The highest BCUT2D eigenvalue weighted by atomic mass is 16.2. The van der Waals surface area contributed by atoms with Crippen molar-refractivity contribution in [3.8, 4) is 0 Å². The highest BCUT2D eigenvalue weighted by molar-refractivity contribution is 6.22. The largest absolute Gasteiger partial charge is 0.348 e. The van der Waals surface area contributed by atoms with Crippen LogP contribution in [0.5, 0.6) is 0 Å². The zero-order valence-electron chi connectivity index (χ0n) is 16.2. The monoisotopic (exact) mass is 371 g/mol. The van der Waals surface area contributed by atoms with Gasteiger partial charge in [-0.3, -0.25) is 19.3 Å². The van der Waals surface area contributed by atoms with Gasteiger partial charge in [0, 0.05) is 24.2 Å². The van der Waals surface area contributed by atoms with E-state index in [0.717, 1.165) is 38.5 Å². The Labute approximate surface area is 160 Å². The fourth-order valence-electron chi connectivity index (χ4n) is 4.12. The molecule has 3 amide bonds. The lowest BCUT2D eigenvalue weighted by Crippen LogP contribution is -2.41. The topological polar surface area (TPSA) is 92.5 Å². The van der Waals surface area contributed by atoms with Gasteiger partial charge < -0.3 is 11.1 Å². The number of carbonyl (C=O) groups is 3. The third kappa shape index (κ3) is 4.05. The molecule has 3 N–H and O–H groups in total. The molecular formula is C21H29N3O3. The van der Waals surface area contributed by atoms with Gasteiger partial charge in [-0.2, -0.15) is 0 Å². The first kappa shape index (κ1) is 19.5. The van der Waals surface area contributed by atoms with E-state index in [2.05, 4.69) is 19.2 Å². The Balaban J connectivity index is 1.78. The van der Waals surface area contributed by atoms with Crippen molar-refractivity contribution in [2.75, 3.05) is 6.54 Å². The number of hydrogen-bond donors (Lipinski definition) is 2. The molecule has 146 valence electrons. The summed E-state index contributed by atoms with van der Waals surface area (Å²) in [4.78, 5) is 39.6. The SMILES string of the molecule is CC(C)CC(CN)NC(=O)c1ccc2c(c1)C(=O)N(C1CCCCC1)C2=O. The number of benzene rings is 1. The number of nitrogens with two attached hydrogens (primary N) is 1. The number of hydrogen-bond acceptors (Lipinski definition) is 4. The number of nitrogens with one attached hydrogen (secondary N) is 1. The molecule has 0 aromatic heterocycles. The van der Waals surface area contributed by atoms with Crippen LogP contribution in [-0.2, 0) is 0 Å². The molecule has 3 rings (SSSR count). The molecule has 6 nitrogen and oxygen atoms in total. The van der Waals surface area contributed by atoms with E-state index in [1.807, 2.05) is 0 Å². The van der Waals surface area contributed by atoms with Crippen molar-refractivity contribution < 1.29 is 14.4 Å². The number of rotatable bonds is 6. The van der Waals surface area contributed by atoms with Crippen molar-refractivity contribution in [1.82, 2.24) is 10.2 Å². The number of carbonyl (C=O) groups excluding carboxylic acids is 3. The van der Waals surface area contributed by atoms with Crippen LogP contribution in [0.3, 0.4) is 0 Å². The van der Waals surface area contributed by atoms with Gasteiger partial charge in [0.2, 0.25) is 0 Å². The minimum Gasteiger partial charge on any atom is -0.348 e. The van der Waals surface area contributed by atoms with Crippen molar-refractivity contribution in [2.24, 2.45) is 11.7 Å². The molecule has 1 fully saturated rings. The molecule has 1 aromatic carbocycles. The van der Waals surface area contributed by atoms with E-state index in [-0.39, 0.29) is 29.8 Å². The second-order valence-electron chi connectivity index (χ2n) is 8.07. The lowest BCUT2D eigenvalue weighted by Gasteiger charge is -2.29. The fourth-order valence-corrected chi connectivity index (χ4v) is 4.12. The Bertz CT molecular complexity index is 738. The quantitative estimate of drug-likeness (QED) is 0.752. The Morgan fingerprint density at radius 2 is 1.81 bits per heavy atom. The molecule has 1 saturated carbocycles. The van der Waals surface area contributed by atoms with Gasteiger partial charge in [-0.15, -0.1) is 0 Å². The third-order valence-electron chi connectivity index (χ3n) is 5.50. The van der Waals surface area contributed by atoms with E-state index in [9.17, 15) is 14.4 Å². The van der Waals surface area contributed by atoms with Gasteiger partial charge in [-0.25, -0.2) is 0 Å². The molecule has 1 aliphatic carbocycles. The Hall–Kier alpha value is -2.21. The molecule has 2 aliphatic rings. The van der Waals surface area contributed by atoms with E-state index >= 15 is 0 Å². The van der Waals surface area contributed by atoms with E-state index in [4.69, 9.17) is 5.73 Å². The van der Waals surface area contributed by atoms with Gasteiger partial charge in [-0.1, -0.05) is 33.1 Å². The van der Waals surface area contributed by atoms with Gasteiger partial charge in [0.15, 0.2) is 0 Å². The average molecular weight is 371 g/mol. The Kier molecular flexibility index (Phi) is 5.95. The van der Waals surface area contributed by atoms with E-state index in [1.54, 1.807) is 18.2 Å². The third-order valence-corrected chi connectivity index (χ3v) is 5.50. The standard InChI is InChI=1S/C21H29N3O3/c1-13(2)10-15(12-22)23-19(25)14-8-9-17-18(11-14)21(27)24(20(17)26)16-6-4-3-5-7-16/h8-9,11,13,15-16H,3-7,10,12,22H2,1-2H3,(H,23,25). The second-order valence-corrected chi connectivity index (χ2v) is 8.07. The molecule has 1 atom stereocenters. The number of amides is 3. The van der Waals surface area contributed by atoms with Gasteiger partial charge in [0.1, 0.15) is 0 Å². The van der Waals surface area contributed by atoms with Crippen LogP contribution in [0.15, 0.2) is 18.2 Å². The molecular weight excluding hydrogens is 342 g/mol. The molecule has 0 spiro atoms. The maximum atomic E-state index is 12.9. The number of imide groups is 1. The lowest BCUT2D eigenvalue weighted by molar-refractivity contribution is 0.0548. The Morgan fingerprint density at radius 3 is 2.44 bits per heavy atom. The number of fused-ring (bicyclic) bond motifs is 1. The van der Waals surface area contributed by atoms with Crippen molar-refractivity contribution in [3.63, 3.8) is 0 Å². The van der Waals surface area contributed by atoms with E-state index < -0.39 is 0 Å². The van der Waals surface area contributed by atoms with Crippen LogP contribution in [0, 0.1) is 5.92 Å². The number of nitrogens with zero attached hydrogens (tertiary/aromatic N) is 1. The van der Waals surface area contributed by atoms with Crippen LogP contribution in [0.25, 0.3) is 0 Å². The molecule has 6 heteroatoms. The summed E-state index contributed by atoms with van der Waals surface area (Å²) in [6.07, 6.45) is 5.77. The van der Waals surface area contributed by atoms with Crippen molar-refractivity contribution in [1.29, 1.82) is 0 Å². The minimum absolute atomic E-state index is 0.0175. The van der Waals surface area contributed by atoms with Crippen LogP contribution >= 0.6 is 0 Å². The lowest BCUT2D eigenvalue weighted by atomic mass is 9.94. The summed E-state index contributed by atoms with van der Waals surface area (Å²) < 4.78 is 0. The first-order chi connectivity index (χ1) is 12.9. The summed E-state index contributed by atoms with van der Waals surface area (Å²) >= 11 is 0. The second kappa shape index (κ2) is 8.21. The minimum atomic E-state index is -0.269. The van der Waals surface area contributed by atoms with Gasteiger partial charge in [-0.05, 0) is 43.4 Å². The van der Waals surface area contributed by atoms with Gasteiger partial charge in [0.25, 0.3) is 17.7 Å². The van der Waals surface area contributed by atoms with E-state index in [1.165, 1.54) is 4.90 Å². The van der Waals surface area contributed by atoms with Crippen molar-refractivity contribution in [2.45, 2.75) is 64.5 Å². The van der Waals surface area contributed by atoms with Crippen LogP contribution in [0.2, 0.25) is 0 Å². The summed E-state index contributed by atoms with van der Waals surface area (Å²) in [7, 11) is 0. The molecule has 1 aromatic rings. The van der Waals surface area contributed by atoms with Crippen molar-refractivity contribution >= 4 is 17.7 Å². The predicted molar refractivity (Wildman–Crippen MR) is 104 cm³/mol. The van der Waals surface area contributed by atoms with Crippen LogP contribution in [0.4, 0.5) is 0 Å². The maximum Gasteiger partial charge on any atom is 0.261 e. The molecule has 1 unspecified atom stereocenters. The van der Waals surface area contributed by atoms with Crippen LogP contribution in [-0.4, -0.2) is 41.2 Å². The first-order valence-electron chi connectivity index (χ1n) is 9.95. The molecule has 1 aliphatic heterocycles. The normalized spacial score (nSPS) is 18.7. The highest BCUT2D eigenvalue weighted by Crippen LogP contribution is 2.31. The van der Waals surface area contributed by atoms with Crippen molar-refractivity contribution in [3.05, 3.63) is 34.9 Å². The van der Waals surface area contributed by atoms with E-state index in [0.29, 0.717) is 29.2 Å². The smallest absolute Gasteiger partial charge is 0.261 e. The van der Waals surface area contributed by atoms with Crippen LogP contribution in [0.1, 0.15) is 83.4 Å². The maximum absolute atomic E-state index is 12.9. The summed E-state index contributed by atoms with van der Waals surface area (Å²) in [6.45, 7) is 4.52.